The molecule has 0 N–H and O–H groups in total. The van der Waals surface area contributed by atoms with Gasteiger partial charge in [-0.1, -0.05) is 58.5 Å². The minimum absolute atomic E-state index is 0.0345. The second-order valence-electron chi connectivity index (χ2n) is 8.13. The Labute approximate surface area is 216 Å². The highest BCUT2D eigenvalue weighted by molar-refractivity contribution is 7.89. The molecule has 0 saturated heterocycles. The molecule has 0 amide bonds. The van der Waals surface area contributed by atoms with Crippen LogP contribution in [0.3, 0.4) is 0 Å². The number of benzene rings is 3. The zero-order valence-electron chi connectivity index (χ0n) is 19.1. The van der Waals surface area contributed by atoms with Crippen molar-refractivity contribution in [2.45, 2.75) is 52.6 Å². The maximum atomic E-state index is 14.2. The van der Waals surface area contributed by atoms with Crippen molar-refractivity contribution < 1.29 is 8.42 Å². The van der Waals surface area contributed by atoms with Gasteiger partial charge in [0.1, 0.15) is 0 Å². The van der Waals surface area contributed by atoms with Crippen molar-refractivity contribution >= 4 is 56.4 Å². The van der Waals surface area contributed by atoms with Crippen molar-refractivity contribution in [2.24, 2.45) is 0 Å². The Morgan fingerprint density at radius 2 is 0.909 bits per heavy atom. The monoisotopic (exact) mass is 543 g/mol. The van der Waals surface area contributed by atoms with Gasteiger partial charge in [0, 0.05) is 44.3 Å². The van der Waals surface area contributed by atoms with E-state index in [1.807, 2.05) is 34.6 Å². The van der Waals surface area contributed by atoms with Crippen LogP contribution >= 0.6 is 46.4 Å². The molecule has 0 aliphatic rings. The van der Waals surface area contributed by atoms with Crippen LogP contribution in [0, 0.1) is 34.6 Å². The lowest BCUT2D eigenvalue weighted by molar-refractivity contribution is 0.400. The minimum Gasteiger partial charge on any atom is -0.207 e. The van der Waals surface area contributed by atoms with Crippen LogP contribution in [0.1, 0.15) is 38.9 Å². The third-order valence-electron chi connectivity index (χ3n) is 6.32. The Balaban J connectivity index is 2.25. The molecule has 3 nitrogen and oxygen atoms in total. The molecule has 176 valence electrons. The van der Waals surface area contributed by atoms with Crippen molar-refractivity contribution in [3.63, 3.8) is 0 Å². The van der Waals surface area contributed by atoms with Gasteiger partial charge in [-0.2, -0.15) is 4.31 Å². The molecule has 0 fully saturated rings. The number of nitrogens with zero attached hydrogens (tertiary/aromatic N) is 1. The quantitative estimate of drug-likeness (QED) is 0.313. The van der Waals surface area contributed by atoms with Crippen LogP contribution in [0.25, 0.3) is 0 Å². The van der Waals surface area contributed by atoms with Gasteiger partial charge in [-0.15, -0.1) is 0 Å². The highest BCUT2D eigenvalue weighted by Crippen LogP contribution is 2.36. The van der Waals surface area contributed by atoms with Gasteiger partial charge in [0.2, 0.25) is 10.0 Å². The fraction of sp³-hybridized carbons (Fsp3) is 0.280. The first-order valence-corrected chi connectivity index (χ1v) is 13.3. The van der Waals surface area contributed by atoms with E-state index in [9.17, 15) is 8.42 Å². The summed E-state index contributed by atoms with van der Waals surface area (Å²) in [6, 6.07) is 10.2. The standard InChI is InChI=1S/C25H25Cl4NO2S/c1-14-15(2)17(4)25(18(5)16(14)3)33(31,32)30(12-19-21(26)8-6-9-22(19)27)13-20-23(28)10-7-11-24(20)29/h6-11H,12-13H2,1-5H3. The van der Waals surface area contributed by atoms with E-state index in [1.165, 1.54) is 4.31 Å². The molecule has 0 aliphatic carbocycles. The molecule has 0 bridgehead atoms. The fourth-order valence-electron chi connectivity index (χ4n) is 3.93. The SMILES string of the molecule is Cc1c(C)c(C)c(S(=O)(=O)N(Cc2c(Cl)cccc2Cl)Cc2c(Cl)cccc2Cl)c(C)c1C. The Morgan fingerprint density at radius 3 is 1.24 bits per heavy atom. The Bertz CT molecular complexity index is 1210. The summed E-state index contributed by atoms with van der Waals surface area (Å²) in [4.78, 5) is 0.287. The molecule has 3 rings (SSSR count). The molecular weight excluding hydrogens is 520 g/mol. The van der Waals surface area contributed by atoms with Crippen LogP contribution in [0.2, 0.25) is 20.1 Å². The maximum Gasteiger partial charge on any atom is 0.244 e. The predicted octanol–water partition coefficient (Wildman–Crippen LogP) is 8.23. The lowest BCUT2D eigenvalue weighted by Crippen LogP contribution is -2.32. The molecule has 0 spiro atoms. The molecular formula is C25H25Cl4NO2S. The second kappa shape index (κ2) is 10.2. The van der Waals surface area contributed by atoms with Crippen LogP contribution < -0.4 is 0 Å². The van der Waals surface area contributed by atoms with Gasteiger partial charge in [0.15, 0.2) is 0 Å². The molecule has 0 heterocycles. The first-order valence-electron chi connectivity index (χ1n) is 10.3. The molecule has 0 atom stereocenters. The molecule has 3 aromatic rings. The average molecular weight is 545 g/mol. The summed E-state index contributed by atoms with van der Waals surface area (Å²) in [6.07, 6.45) is 0. The van der Waals surface area contributed by atoms with E-state index in [1.54, 1.807) is 36.4 Å². The molecule has 0 unspecified atom stereocenters. The number of sulfonamides is 1. The van der Waals surface area contributed by atoms with Crippen LogP contribution in [-0.4, -0.2) is 12.7 Å². The molecule has 3 aromatic carbocycles. The lowest BCUT2D eigenvalue weighted by atomic mass is 9.95. The van der Waals surface area contributed by atoms with Crippen molar-refractivity contribution in [3.05, 3.63) is 95.4 Å². The Hall–Kier alpha value is -1.27. The first kappa shape index (κ1) is 26.3. The Kier molecular flexibility index (Phi) is 8.10. The topological polar surface area (TPSA) is 37.4 Å². The van der Waals surface area contributed by atoms with Gasteiger partial charge in [-0.25, -0.2) is 8.42 Å². The molecule has 0 radical (unpaired) electrons. The Morgan fingerprint density at radius 1 is 0.606 bits per heavy atom. The third kappa shape index (κ3) is 5.07. The zero-order valence-corrected chi connectivity index (χ0v) is 22.9. The number of hydrogen-bond acceptors (Lipinski definition) is 2. The van der Waals surface area contributed by atoms with E-state index in [2.05, 4.69) is 0 Å². The summed E-state index contributed by atoms with van der Waals surface area (Å²) >= 11 is 25.6. The highest BCUT2D eigenvalue weighted by atomic mass is 35.5. The zero-order chi connectivity index (χ0) is 24.7. The number of rotatable bonds is 6. The smallest absolute Gasteiger partial charge is 0.207 e. The molecule has 0 aliphatic heterocycles. The van der Waals surface area contributed by atoms with Gasteiger partial charge in [0.25, 0.3) is 0 Å². The fourth-order valence-corrected chi connectivity index (χ4v) is 6.90. The lowest BCUT2D eigenvalue weighted by Gasteiger charge is -2.27. The van der Waals surface area contributed by atoms with Crippen LogP contribution in [0.15, 0.2) is 41.3 Å². The second-order valence-corrected chi connectivity index (χ2v) is 11.6. The van der Waals surface area contributed by atoms with E-state index in [4.69, 9.17) is 46.4 Å². The summed E-state index contributed by atoms with van der Waals surface area (Å²) in [5, 5.41) is 1.55. The van der Waals surface area contributed by atoms with Crippen LogP contribution in [0.5, 0.6) is 0 Å². The molecule has 8 heteroatoms. The number of halogens is 4. The summed E-state index contributed by atoms with van der Waals surface area (Å²) < 4.78 is 29.7. The largest absolute Gasteiger partial charge is 0.244 e. The summed E-state index contributed by atoms with van der Waals surface area (Å²) in [7, 11) is -3.99. The van der Waals surface area contributed by atoms with Crippen molar-refractivity contribution in [3.8, 4) is 0 Å². The number of hydrogen-bond donors (Lipinski definition) is 0. The first-order chi connectivity index (χ1) is 15.4. The normalized spacial score (nSPS) is 11.9. The van der Waals surface area contributed by atoms with Crippen molar-refractivity contribution in [1.82, 2.24) is 4.31 Å². The third-order valence-corrected chi connectivity index (χ3v) is 9.80. The van der Waals surface area contributed by atoms with Gasteiger partial charge in [0.05, 0.1) is 4.90 Å². The minimum atomic E-state index is -3.99. The van der Waals surface area contributed by atoms with E-state index >= 15 is 0 Å². The summed E-state index contributed by atoms with van der Waals surface area (Å²) in [5.74, 6) is 0. The molecule has 0 saturated carbocycles. The summed E-state index contributed by atoms with van der Waals surface area (Å²) in [6.45, 7) is 9.49. The highest BCUT2D eigenvalue weighted by Gasteiger charge is 2.32. The van der Waals surface area contributed by atoms with E-state index < -0.39 is 10.0 Å². The van der Waals surface area contributed by atoms with Gasteiger partial charge < -0.3 is 0 Å². The molecule has 0 aromatic heterocycles. The summed E-state index contributed by atoms with van der Waals surface area (Å²) in [5.41, 5.74) is 5.45. The van der Waals surface area contributed by atoms with Crippen molar-refractivity contribution in [2.75, 3.05) is 0 Å². The van der Waals surface area contributed by atoms with Crippen LogP contribution in [-0.2, 0) is 23.1 Å². The average Bonchev–Trinajstić information content (AvgIpc) is 2.74. The van der Waals surface area contributed by atoms with Crippen LogP contribution in [0.4, 0.5) is 0 Å². The van der Waals surface area contributed by atoms with E-state index in [0.29, 0.717) is 31.2 Å². The maximum absolute atomic E-state index is 14.2. The molecule has 33 heavy (non-hydrogen) atoms. The van der Waals surface area contributed by atoms with Gasteiger partial charge >= 0.3 is 0 Å². The van der Waals surface area contributed by atoms with E-state index in [-0.39, 0.29) is 18.0 Å². The van der Waals surface area contributed by atoms with Gasteiger partial charge in [-0.3, -0.25) is 0 Å². The van der Waals surface area contributed by atoms with Gasteiger partial charge in [-0.05, 0) is 86.7 Å². The van der Waals surface area contributed by atoms with E-state index in [0.717, 1.165) is 27.8 Å². The predicted molar refractivity (Wildman–Crippen MR) is 139 cm³/mol. The van der Waals surface area contributed by atoms with Crippen molar-refractivity contribution in [1.29, 1.82) is 0 Å².